The third kappa shape index (κ3) is 3.92. The Morgan fingerprint density at radius 1 is 1.55 bits per heavy atom. The zero-order valence-corrected chi connectivity index (χ0v) is 13.4. The predicted molar refractivity (Wildman–Crippen MR) is 83.5 cm³/mol. The van der Waals surface area contributed by atoms with Crippen LogP contribution in [0.25, 0.3) is 0 Å². The zero-order chi connectivity index (χ0) is 15.4. The first-order valence-corrected chi connectivity index (χ1v) is 8.41. The molecule has 0 aliphatic carbocycles. The van der Waals surface area contributed by atoms with Gasteiger partial charge in [0.2, 0.25) is 5.91 Å². The fraction of sp³-hybridized carbons (Fsp3) is 0.533. The summed E-state index contributed by atoms with van der Waals surface area (Å²) in [5.41, 5.74) is 1.29. The fourth-order valence-corrected chi connectivity index (χ4v) is 3.53. The number of hydrogen-bond donors (Lipinski definition) is 1. The number of rotatable bonds is 5. The minimum absolute atomic E-state index is 0.0122. The highest BCUT2D eigenvalue weighted by Gasteiger charge is 2.22. The summed E-state index contributed by atoms with van der Waals surface area (Å²) in [6.45, 7) is 4.76. The average molecular weight is 320 g/mol. The maximum absolute atomic E-state index is 12.1. The van der Waals surface area contributed by atoms with Crippen LogP contribution < -0.4 is 5.32 Å². The van der Waals surface area contributed by atoms with Crippen LogP contribution in [0.4, 0.5) is 0 Å². The van der Waals surface area contributed by atoms with E-state index < -0.39 is 0 Å². The summed E-state index contributed by atoms with van der Waals surface area (Å²) in [5, 5.41) is 12.7. The van der Waals surface area contributed by atoms with Gasteiger partial charge < -0.3 is 5.32 Å². The van der Waals surface area contributed by atoms with E-state index in [-0.39, 0.29) is 18.4 Å². The lowest BCUT2D eigenvalue weighted by Gasteiger charge is -2.32. The fourth-order valence-electron chi connectivity index (χ4n) is 2.78. The number of hydrogen-bond acceptors (Lipinski definition) is 6. The van der Waals surface area contributed by atoms with Gasteiger partial charge >= 0.3 is 0 Å². The molecule has 7 heteroatoms. The van der Waals surface area contributed by atoms with E-state index in [1.807, 2.05) is 0 Å². The molecule has 1 aliphatic rings. The molecular formula is C15H20N4O2S. The van der Waals surface area contributed by atoms with Crippen molar-refractivity contribution in [3.8, 4) is 0 Å². The number of nitrogens with one attached hydrogen (secondary N) is 1. The monoisotopic (exact) mass is 320 g/mol. The van der Waals surface area contributed by atoms with Crippen LogP contribution in [-0.4, -0.2) is 40.3 Å². The standard InChI is InChI=1S/C15H20N4O2S/c1-11-14(18-21-17-11)8-15(20)16-12-4-2-6-19(9-12)10-13-5-3-7-22-13/h3,5,7,12H,2,4,6,8-10H2,1H3,(H,16,20)/t12-/m0/s1. The molecule has 1 N–H and O–H groups in total. The van der Waals surface area contributed by atoms with Crippen molar-refractivity contribution in [3.63, 3.8) is 0 Å². The van der Waals surface area contributed by atoms with Crippen molar-refractivity contribution < 1.29 is 9.42 Å². The Bertz CT molecular complexity index is 611. The van der Waals surface area contributed by atoms with E-state index in [0.29, 0.717) is 11.4 Å². The molecule has 118 valence electrons. The first-order valence-electron chi connectivity index (χ1n) is 7.53. The molecule has 0 saturated carbocycles. The average Bonchev–Trinajstić information content (AvgIpc) is 3.12. The Hall–Kier alpha value is -1.73. The molecule has 1 aliphatic heterocycles. The summed E-state index contributed by atoms with van der Waals surface area (Å²) in [6, 6.07) is 4.45. The summed E-state index contributed by atoms with van der Waals surface area (Å²) in [4.78, 5) is 15.9. The van der Waals surface area contributed by atoms with Crippen molar-refractivity contribution in [2.45, 2.75) is 38.8 Å². The maximum Gasteiger partial charge on any atom is 0.226 e. The largest absolute Gasteiger partial charge is 0.352 e. The molecule has 1 amide bonds. The molecule has 0 aromatic carbocycles. The van der Waals surface area contributed by atoms with Gasteiger partial charge in [0.15, 0.2) is 0 Å². The van der Waals surface area contributed by atoms with Crippen molar-refractivity contribution >= 4 is 17.2 Å². The molecule has 0 radical (unpaired) electrons. The van der Waals surface area contributed by atoms with Crippen LogP contribution >= 0.6 is 11.3 Å². The summed E-state index contributed by atoms with van der Waals surface area (Å²) in [7, 11) is 0. The first-order chi connectivity index (χ1) is 10.7. The Balaban J connectivity index is 1.49. The van der Waals surface area contributed by atoms with E-state index in [1.165, 1.54) is 4.88 Å². The molecule has 1 fully saturated rings. The van der Waals surface area contributed by atoms with E-state index in [0.717, 1.165) is 32.5 Å². The molecule has 0 spiro atoms. The van der Waals surface area contributed by atoms with Crippen molar-refractivity contribution in [2.24, 2.45) is 0 Å². The highest BCUT2D eigenvalue weighted by Crippen LogP contribution is 2.17. The highest BCUT2D eigenvalue weighted by molar-refractivity contribution is 7.09. The number of piperidine rings is 1. The third-order valence-corrected chi connectivity index (χ3v) is 4.77. The molecular weight excluding hydrogens is 300 g/mol. The normalized spacial score (nSPS) is 19.2. The minimum atomic E-state index is -0.0122. The maximum atomic E-state index is 12.1. The minimum Gasteiger partial charge on any atom is -0.352 e. The van der Waals surface area contributed by atoms with Gasteiger partial charge in [0.05, 0.1) is 6.42 Å². The van der Waals surface area contributed by atoms with Gasteiger partial charge in [-0.2, -0.15) is 0 Å². The SMILES string of the molecule is Cc1nonc1CC(=O)N[C@H]1CCCN(Cc2cccs2)C1. The number of carbonyl (C=O) groups excluding carboxylic acids is 1. The second-order valence-electron chi connectivity index (χ2n) is 5.69. The van der Waals surface area contributed by atoms with Gasteiger partial charge in [0.1, 0.15) is 11.4 Å². The zero-order valence-electron chi connectivity index (χ0n) is 12.6. The summed E-state index contributed by atoms with van der Waals surface area (Å²) >= 11 is 1.78. The summed E-state index contributed by atoms with van der Waals surface area (Å²) < 4.78 is 4.62. The molecule has 22 heavy (non-hydrogen) atoms. The number of nitrogens with zero attached hydrogens (tertiary/aromatic N) is 3. The van der Waals surface area contributed by atoms with Crippen LogP contribution in [0, 0.1) is 6.92 Å². The van der Waals surface area contributed by atoms with Crippen LogP contribution in [-0.2, 0) is 17.8 Å². The van der Waals surface area contributed by atoms with Gasteiger partial charge in [-0.3, -0.25) is 9.69 Å². The van der Waals surface area contributed by atoms with Gasteiger partial charge in [0, 0.05) is 24.0 Å². The first kappa shape index (κ1) is 15.2. The lowest BCUT2D eigenvalue weighted by atomic mass is 10.1. The third-order valence-electron chi connectivity index (χ3n) is 3.90. The molecule has 0 bridgehead atoms. The van der Waals surface area contributed by atoms with Gasteiger partial charge in [-0.05, 0) is 37.8 Å². The van der Waals surface area contributed by atoms with Crippen LogP contribution in [0.2, 0.25) is 0 Å². The molecule has 2 aromatic rings. The Labute approximate surface area is 133 Å². The highest BCUT2D eigenvalue weighted by atomic mass is 32.1. The Morgan fingerprint density at radius 3 is 3.18 bits per heavy atom. The second kappa shape index (κ2) is 7.02. The lowest BCUT2D eigenvalue weighted by molar-refractivity contribution is -0.121. The van der Waals surface area contributed by atoms with Gasteiger partial charge in [-0.25, -0.2) is 4.63 Å². The van der Waals surface area contributed by atoms with E-state index in [9.17, 15) is 4.79 Å². The number of aromatic nitrogens is 2. The lowest BCUT2D eigenvalue weighted by Crippen LogP contribution is -2.47. The quantitative estimate of drug-likeness (QED) is 0.909. The molecule has 3 rings (SSSR count). The van der Waals surface area contributed by atoms with Crippen molar-refractivity contribution in [1.29, 1.82) is 0 Å². The number of carbonyl (C=O) groups is 1. The van der Waals surface area contributed by atoms with E-state index in [4.69, 9.17) is 0 Å². The van der Waals surface area contributed by atoms with E-state index in [1.54, 1.807) is 18.3 Å². The summed E-state index contributed by atoms with van der Waals surface area (Å²) in [6.07, 6.45) is 2.38. The molecule has 0 unspecified atom stereocenters. The molecule has 2 aromatic heterocycles. The Morgan fingerprint density at radius 2 is 2.45 bits per heavy atom. The molecule has 1 atom stereocenters. The second-order valence-corrected chi connectivity index (χ2v) is 6.73. The Kier molecular flexibility index (Phi) is 4.84. The van der Waals surface area contributed by atoms with E-state index >= 15 is 0 Å². The van der Waals surface area contributed by atoms with E-state index in [2.05, 4.69) is 42.7 Å². The summed E-state index contributed by atoms with van der Waals surface area (Å²) in [5.74, 6) is -0.0122. The van der Waals surface area contributed by atoms with Gasteiger partial charge in [-0.15, -0.1) is 11.3 Å². The number of aryl methyl sites for hydroxylation is 1. The number of thiophene rings is 1. The number of likely N-dealkylation sites (tertiary alicyclic amines) is 1. The van der Waals surface area contributed by atoms with Crippen LogP contribution in [0.3, 0.4) is 0 Å². The van der Waals surface area contributed by atoms with Crippen molar-refractivity contribution in [1.82, 2.24) is 20.5 Å². The molecule has 6 nitrogen and oxygen atoms in total. The smallest absolute Gasteiger partial charge is 0.226 e. The van der Waals surface area contributed by atoms with Crippen molar-refractivity contribution in [2.75, 3.05) is 13.1 Å². The van der Waals surface area contributed by atoms with Gasteiger partial charge in [0.25, 0.3) is 0 Å². The molecule has 1 saturated heterocycles. The number of amides is 1. The predicted octanol–water partition coefficient (Wildman–Crippen LogP) is 1.76. The topological polar surface area (TPSA) is 71.3 Å². The molecule has 3 heterocycles. The van der Waals surface area contributed by atoms with Crippen LogP contribution in [0.15, 0.2) is 22.1 Å². The van der Waals surface area contributed by atoms with Crippen LogP contribution in [0.1, 0.15) is 29.1 Å². The van der Waals surface area contributed by atoms with Gasteiger partial charge in [-0.1, -0.05) is 16.4 Å². The van der Waals surface area contributed by atoms with Crippen LogP contribution in [0.5, 0.6) is 0 Å². The van der Waals surface area contributed by atoms with Crippen molar-refractivity contribution in [3.05, 3.63) is 33.8 Å².